The van der Waals surface area contributed by atoms with Gasteiger partial charge in [-0.2, -0.15) is 10.4 Å². The summed E-state index contributed by atoms with van der Waals surface area (Å²) in [6.45, 7) is 6.34. The van der Waals surface area contributed by atoms with Gasteiger partial charge in [0.25, 0.3) is 0 Å². The molecule has 68 valence electrons. The van der Waals surface area contributed by atoms with E-state index in [2.05, 4.69) is 18.6 Å². The van der Waals surface area contributed by atoms with Gasteiger partial charge < -0.3 is 0 Å². The van der Waals surface area contributed by atoms with Crippen LogP contribution in [0.1, 0.15) is 25.5 Å². The molecule has 0 saturated heterocycles. The molecule has 1 rings (SSSR count). The lowest BCUT2D eigenvalue weighted by atomic mass is 10.1. The van der Waals surface area contributed by atoms with E-state index in [4.69, 9.17) is 5.26 Å². The Morgan fingerprint density at radius 2 is 2.54 bits per heavy atom. The van der Waals surface area contributed by atoms with Crippen molar-refractivity contribution in [2.24, 2.45) is 0 Å². The van der Waals surface area contributed by atoms with E-state index in [0.717, 1.165) is 24.1 Å². The van der Waals surface area contributed by atoms with Crippen molar-refractivity contribution in [3.8, 4) is 6.07 Å². The molecule has 0 aliphatic rings. The van der Waals surface area contributed by atoms with E-state index in [1.165, 1.54) is 0 Å². The van der Waals surface area contributed by atoms with Gasteiger partial charge in [0.15, 0.2) is 0 Å². The molecule has 3 nitrogen and oxygen atoms in total. The normalized spacial score (nSPS) is 9.54. The van der Waals surface area contributed by atoms with Crippen molar-refractivity contribution in [3.05, 3.63) is 24.5 Å². The van der Waals surface area contributed by atoms with Crippen molar-refractivity contribution in [3.63, 3.8) is 0 Å². The second-order valence-corrected chi connectivity index (χ2v) is 2.91. The van der Waals surface area contributed by atoms with E-state index in [0.29, 0.717) is 6.54 Å². The number of nitriles is 1. The first-order valence-corrected chi connectivity index (χ1v) is 4.36. The van der Waals surface area contributed by atoms with Crippen LogP contribution in [-0.4, -0.2) is 9.78 Å². The highest BCUT2D eigenvalue weighted by molar-refractivity contribution is 5.59. The van der Waals surface area contributed by atoms with Gasteiger partial charge >= 0.3 is 0 Å². The molecule has 0 saturated carbocycles. The maximum atomic E-state index is 8.44. The summed E-state index contributed by atoms with van der Waals surface area (Å²) in [4.78, 5) is 0. The largest absolute Gasteiger partial charge is 0.258 e. The van der Waals surface area contributed by atoms with Crippen molar-refractivity contribution >= 4 is 5.57 Å². The van der Waals surface area contributed by atoms with E-state index < -0.39 is 0 Å². The van der Waals surface area contributed by atoms with Crippen LogP contribution in [0.25, 0.3) is 5.57 Å². The first kappa shape index (κ1) is 9.53. The van der Waals surface area contributed by atoms with Crippen molar-refractivity contribution in [2.75, 3.05) is 0 Å². The standard InChI is InChI=1S/C10H13N3/c1-3-4-9(2)10-5-7-13(12-10)8-6-11/h5,7H,2-4,8H2,1H3. The fourth-order valence-corrected chi connectivity index (χ4v) is 1.14. The highest BCUT2D eigenvalue weighted by atomic mass is 15.3. The Morgan fingerprint density at radius 1 is 1.77 bits per heavy atom. The zero-order valence-corrected chi connectivity index (χ0v) is 7.82. The molecule has 0 fully saturated rings. The predicted octanol–water partition coefficient (Wildman–Crippen LogP) is 2.22. The van der Waals surface area contributed by atoms with Crippen molar-refractivity contribution in [1.82, 2.24) is 9.78 Å². The molecule has 0 radical (unpaired) electrons. The summed E-state index contributed by atoms with van der Waals surface area (Å²) in [5.41, 5.74) is 1.94. The van der Waals surface area contributed by atoms with Gasteiger partial charge in [0.2, 0.25) is 0 Å². The minimum Gasteiger partial charge on any atom is -0.258 e. The molecule has 1 aromatic rings. The number of hydrogen-bond acceptors (Lipinski definition) is 2. The summed E-state index contributed by atoms with van der Waals surface area (Å²) in [5.74, 6) is 0. The molecule has 3 heteroatoms. The van der Waals surface area contributed by atoms with Gasteiger partial charge in [0.1, 0.15) is 6.54 Å². The number of aromatic nitrogens is 2. The molecule has 0 aliphatic heterocycles. The van der Waals surface area contributed by atoms with E-state index in [1.807, 2.05) is 12.1 Å². The fraction of sp³-hybridized carbons (Fsp3) is 0.400. The second kappa shape index (κ2) is 4.46. The molecule has 0 atom stereocenters. The summed E-state index contributed by atoms with van der Waals surface area (Å²) in [7, 11) is 0. The third kappa shape index (κ3) is 2.45. The van der Waals surface area contributed by atoms with Gasteiger partial charge in [0.05, 0.1) is 11.8 Å². The Kier molecular flexibility index (Phi) is 3.27. The molecule has 0 spiro atoms. The molecular weight excluding hydrogens is 162 g/mol. The van der Waals surface area contributed by atoms with Crippen molar-refractivity contribution < 1.29 is 0 Å². The molecule has 1 aromatic heterocycles. The van der Waals surface area contributed by atoms with Gasteiger partial charge in [-0.15, -0.1) is 0 Å². The molecule has 0 aromatic carbocycles. The molecule has 0 bridgehead atoms. The molecule has 13 heavy (non-hydrogen) atoms. The average molecular weight is 175 g/mol. The summed E-state index contributed by atoms with van der Waals surface area (Å²) in [6, 6.07) is 3.94. The summed E-state index contributed by atoms with van der Waals surface area (Å²) in [6.07, 6.45) is 3.84. The topological polar surface area (TPSA) is 41.6 Å². The fourth-order valence-electron chi connectivity index (χ4n) is 1.14. The van der Waals surface area contributed by atoms with Crippen LogP contribution in [0.4, 0.5) is 0 Å². The van der Waals surface area contributed by atoms with Crippen LogP contribution in [0.15, 0.2) is 18.8 Å². The lowest BCUT2D eigenvalue weighted by Crippen LogP contribution is -1.96. The number of hydrogen-bond donors (Lipinski definition) is 0. The summed E-state index contributed by atoms with van der Waals surface area (Å²) < 4.78 is 1.62. The summed E-state index contributed by atoms with van der Waals surface area (Å²) >= 11 is 0. The first-order valence-electron chi connectivity index (χ1n) is 4.36. The third-order valence-corrected chi connectivity index (χ3v) is 1.79. The Bertz CT molecular complexity index is 330. The monoisotopic (exact) mass is 175 g/mol. The van der Waals surface area contributed by atoms with Crippen LogP contribution in [0.5, 0.6) is 0 Å². The van der Waals surface area contributed by atoms with Crippen LogP contribution in [-0.2, 0) is 6.54 Å². The molecule has 0 N–H and O–H groups in total. The Balaban J connectivity index is 2.69. The molecule has 0 amide bonds. The number of rotatable bonds is 4. The Hall–Kier alpha value is -1.56. The van der Waals surface area contributed by atoms with Crippen LogP contribution in [0.2, 0.25) is 0 Å². The zero-order valence-electron chi connectivity index (χ0n) is 7.82. The van der Waals surface area contributed by atoms with Gasteiger partial charge in [-0.05, 0) is 18.1 Å². The van der Waals surface area contributed by atoms with Gasteiger partial charge in [-0.3, -0.25) is 4.68 Å². The van der Waals surface area contributed by atoms with Crippen molar-refractivity contribution in [1.29, 1.82) is 5.26 Å². The molecule has 1 heterocycles. The second-order valence-electron chi connectivity index (χ2n) is 2.91. The molecule has 0 aliphatic carbocycles. The summed E-state index contributed by atoms with van der Waals surface area (Å²) in [5, 5.41) is 12.7. The van der Waals surface area contributed by atoms with Crippen LogP contribution in [0, 0.1) is 11.3 Å². The van der Waals surface area contributed by atoms with E-state index in [9.17, 15) is 0 Å². The van der Waals surface area contributed by atoms with Gasteiger partial charge in [-0.1, -0.05) is 19.9 Å². The maximum Gasteiger partial charge on any atom is 0.128 e. The third-order valence-electron chi connectivity index (χ3n) is 1.79. The highest BCUT2D eigenvalue weighted by Gasteiger charge is 2.01. The van der Waals surface area contributed by atoms with Crippen LogP contribution in [0.3, 0.4) is 0 Å². The smallest absolute Gasteiger partial charge is 0.128 e. The molecular formula is C10H13N3. The zero-order chi connectivity index (χ0) is 9.68. The lowest BCUT2D eigenvalue weighted by Gasteiger charge is -1.97. The lowest BCUT2D eigenvalue weighted by molar-refractivity contribution is 0.705. The number of allylic oxidation sites excluding steroid dienone is 1. The van der Waals surface area contributed by atoms with Crippen LogP contribution >= 0.6 is 0 Å². The van der Waals surface area contributed by atoms with Crippen LogP contribution < -0.4 is 0 Å². The van der Waals surface area contributed by atoms with E-state index in [1.54, 1.807) is 10.9 Å². The Morgan fingerprint density at radius 3 is 3.15 bits per heavy atom. The van der Waals surface area contributed by atoms with E-state index in [-0.39, 0.29) is 0 Å². The minimum atomic E-state index is 0.305. The minimum absolute atomic E-state index is 0.305. The quantitative estimate of drug-likeness (QED) is 0.704. The Labute approximate surface area is 78.3 Å². The van der Waals surface area contributed by atoms with Gasteiger partial charge in [0, 0.05) is 6.20 Å². The highest BCUT2D eigenvalue weighted by Crippen LogP contribution is 2.14. The van der Waals surface area contributed by atoms with E-state index >= 15 is 0 Å². The SMILES string of the molecule is C=C(CCC)c1ccn(CC#N)n1. The molecule has 0 unspecified atom stereocenters. The van der Waals surface area contributed by atoms with Gasteiger partial charge in [-0.25, -0.2) is 0 Å². The average Bonchev–Trinajstić information content (AvgIpc) is 2.54. The van der Waals surface area contributed by atoms with Crippen molar-refractivity contribution in [2.45, 2.75) is 26.3 Å². The number of nitrogens with zero attached hydrogens (tertiary/aromatic N) is 3. The maximum absolute atomic E-state index is 8.44. The first-order chi connectivity index (χ1) is 6.27. The predicted molar refractivity (Wildman–Crippen MR) is 51.8 cm³/mol.